The van der Waals surface area contributed by atoms with Crippen LogP contribution in [0.5, 0.6) is 0 Å². The lowest BCUT2D eigenvalue weighted by Crippen LogP contribution is -2.18. The van der Waals surface area contributed by atoms with Gasteiger partial charge in [-0.25, -0.2) is 0 Å². The zero-order chi connectivity index (χ0) is 11.4. The average Bonchev–Trinajstić information content (AvgIpc) is 2.70. The van der Waals surface area contributed by atoms with Crippen LogP contribution in [0.25, 0.3) is 0 Å². The highest BCUT2D eigenvalue weighted by atomic mass is 35.5. The van der Waals surface area contributed by atoms with Crippen molar-refractivity contribution in [3.8, 4) is 0 Å². The van der Waals surface area contributed by atoms with Gasteiger partial charge in [0.2, 0.25) is 5.28 Å². The van der Waals surface area contributed by atoms with Crippen LogP contribution in [0, 0.1) is 0 Å². The first-order valence-corrected chi connectivity index (χ1v) is 5.26. The number of rotatable bonds is 4. The fraction of sp³-hybridized carbons (Fsp3) is 0.300. The quantitative estimate of drug-likeness (QED) is 0.884. The Labute approximate surface area is 97.9 Å². The molecule has 6 heteroatoms. The molecule has 0 aliphatic heterocycles. The summed E-state index contributed by atoms with van der Waals surface area (Å²) in [7, 11) is 0. The highest BCUT2D eigenvalue weighted by molar-refractivity contribution is 6.28. The first-order chi connectivity index (χ1) is 7.74. The summed E-state index contributed by atoms with van der Waals surface area (Å²) in [4.78, 5) is 3.99. The van der Waals surface area contributed by atoms with Crippen LogP contribution in [0.1, 0.15) is 12.7 Å². The van der Waals surface area contributed by atoms with Gasteiger partial charge in [-0.3, -0.25) is 0 Å². The molecule has 2 rings (SSSR count). The Balaban J connectivity index is 1.94. The van der Waals surface area contributed by atoms with Gasteiger partial charge >= 0.3 is 0 Å². The van der Waals surface area contributed by atoms with Crippen molar-refractivity contribution < 1.29 is 4.42 Å². The fourth-order valence-corrected chi connectivity index (χ4v) is 1.52. The fourth-order valence-electron chi connectivity index (χ4n) is 1.39. The van der Waals surface area contributed by atoms with Gasteiger partial charge in [0.25, 0.3) is 0 Å². The van der Waals surface area contributed by atoms with E-state index >= 15 is 0 Å². The predicted octanol–water partition coefficient (Wildman–Crippen LogP) is 2.16. The molecule has 2 heterocycles. The van der Waals surface area contributed by atoms with Crippen molar-refractivity contribution in [2.75, 3.05) is 5.32 Å². The highest BCUT2D eigenvalue weighted by Crippen LogP contribution is 2.09. The molecule has 0 aromatic carbocycles. The lowest BCUT2D eigenvalue weighted by atomic mass is 10.2. The topological polar surface area (TPSA) is 63.8 Å². The number of hydrogen-bond acceptors (Lipinski definition) is 5. The van der Waals surface area contributed by atoms with E-state index < -0.39 is 0 Å². The maximum absolute atomic E-state index is 5.63. The third-order valence-electron chi connectivity index (χ3n) is 2.01. The van der Waals surface area contributed by atoms with Crippen LogP contribution >= 0.6 is 11.6 Å². The monoisotopic (exact) mass is 238 g/mol. The van der Waals surface area contributed by atoms with Crippen LogP contribution in [-0.2, 0) is 6.42 Å². The first kappa shape index (κ1) is 10.9. The summed E-state index contributed by atoms with van der Waals surface area (Å²) >= 11 is 5.63. The summed E-state index contributed by atoms with van der Waals surface area (Å²) in [6.07, 6.45) is 3.96. The predicted molar refractivity (Wildman–Crippen MR) is 60.3 cm³/mol. The SMILES string of the molecule is CC(Cc1ccco1)Nc1cnnc(Cl)n1. The Hall–Kier alpha value is -1.62. The number of nitrogens with one attached hydrogen (secondary N) is 1. The van der Waals surface area contributed by atoms with E-state index in [1.807, 2.05) is 19.1 Å². The molecule has 0 saturated carbocycles. The maximum Gasteiger partial charge on any atom is 0.244 e. The van der Waals surface area contributed by atoms with Crippen molar-refractivity contribution in [1.29, 1.82) is 0 Å². The van der Waals surface area contributed by atoms with Crippen LogP contribution in [0.15, 0.2) is 29.0 Å². The number of hydrogen-bond donors (Lipinski definition) is 1. The van der Waals surface area contributed by atoms with Crippen molar-refractivity contribution >= 4 is 17.4 Å². The van der Waals surface area contributed by atoms with E-state index in [0.717, 1.165) is 12.2 Å². The van der Waals surface area contributed by atoms with Crippen molar-refractivity contribution in [1.82, 2.24) is 15.2 Å². The molecule has 0 bridgehead atoms. The van der Waals surface area contributed by atoms with Crippen molar-refractivity contribution in [2.24, 2.45) is 0 Å². The molecule has 5 nitrogen and oxygen atoms in total. The smallest absolute Gasteiger partial charge is 0.244 e. The molecule has 2 aromatic heterocycles. The lowest BCUT2D eigenvalue weighted by Gasteiger charge is -2.12. The molecule has 1 unspecified atom stereocenters. The van der Waals surface area contributed by atoms with E-state index in [2.05, 4.69) is 20.5 Å². The Bertz CT molecular complexity index is 446. The minimum atomic E-state index is 0.134. The summed E-state index contributed by atoms with van der Waals surface area (Å²) in [5, 5.41) is 10.6. The largest absolute Gasteiger partial charge is 0.469 e. The standard InChI is InChI=1S/C10H11ClN4O/c1-7(5-8-3-2-4-16-8)13-9-6-12-15-10(11)14-9/h2-4,6-7H,5H2,1H3,(H,13,14,15). The van der Waals surface area contributed by atoms with Gasteiger partial charge in [-0.1, -0.05) is 0 Å². The number of halogens is 1. The van der Waals surface area contributed by atoms with Gasteiger partial charge in [-0.05, 0) is 30.7 Å². The second-order valence-electron chi connectivity index (χ2n) is 3.44. The van der Waals surface area contributed by atoms with Crippen LogP contribution in [0.2, 0.25) is 5.28 Å². The molecule has 84 valence electrons. The number of aromatic nitrogens is 3. The average molecular weight is 239 g/mol. The van der Waals surface area contributed by atoms with Gasteiger partial charge < -0.3 is 9.73 Å². The van der Waals surface area contributed by atoms with Gasteiger partial charge in [0.1, 0.15) is 11.6 Å². The van der Waals surface area contributed by atoms with Crippen LogP contribution < -0.4 is 5.32 Å². The molecule has 16 heavy (non-hydrogen) atoms. The Morgan fingerprint density at radius 1 is 1.56 bits per heavy atom. The van der Waals surface area contributed by atoms with E-state index in [-0.39, 0.29) is 11.3 Å². The normalized spacial score (nSPS) is 12.4. The van der Waals surface area contributed by atoms with Crippen molar-refractivity contribution in [3.05, 3.63) is 35.6 Å². The van der Waals surface area contributed by atoms with Gasteiger partial charge in [-0.15, -0.1) is 5.10 Å². The summed E-state index contributed by atoms with van der Waals surface area (Å²) in [5.41, 5.74) is 0. The summed E-state index contributed by atoms with van der Waals surface area (Å²) < 4.78 is 5.25. The summed E-state index contributed by atoms with van der Waals surface area (Å²) in [6, 6.07) is 3.98. The van der Waals surface area contributed by atoms with Gasteiger partial charge in [0, 0.05) is 12.5 Å². The Morgan fingerprint density at radius 2 is 2.44 bits per heavy atom. The molecule has 1 N–H and O–H groups in total. The second kappa shape index (κ2) is 4.94. The molecule has 0 radical (unpaired) electrons. The van der Waals surface area contributed by atoms with Crippen LogP contribution in [0.4, 0.5) is 5.82 Å². The molecule has 1 atom stereocenters. The van der Waals surface area contributed by atoms with Gasteiger partial charge in [0.05, 0.1) is 12.5 Å². The van der Waals surface area contributed by atoms with Crippen LogP contribution in [0.3, 0.4) is 0 Å². The first-order valence-electron chi connectivity index (χ1n) is 4.88. The van der Waals surface area contributed by atoms with Crippen molar-refractivity contribution in [2.45, 2.75) is 19.4 Å². The van der Waals surface area contributed by atoms with Gasteiger partial charge in [0.15, 0.2) is 0 Å². The minimum Gasteiger partial charge on any atom is -0.469 e. The molecule has 2 aromatic rings. The third kappa shape index (κ3) is 2.93. The highest BCUT2D eigenvalue weighted by Gasteiger charge is 2.07. The maximum atomic E-state index is 5.63. The van der Waals surface area contributed by atoms with E-state index in [1.165, 1.54) is 6.20 Å². The zero-order valence-corrected chi connectivity index (χ0v) is 9.48. The number of furan rings is 1. The molecular formula is C10H11ClN4O. The molecule has 0 aliphatic rings. The second-order valence-corrected chi connectivity index (χ2v) is 3.78. The molecule has 0 fully saturated rings. The van der Waals surface area contributed by atoms with E-state index in [0.29, 0.717) is 5.82 Å². The molecular weight excluding hydrogens is 228 g/mol. The molecule has 0 aliphatic carbocycles. The third-order valence-corrected chi connectivity index (χ3v) is 2.17. The lowest BCUT2D eigenvalue weighted by molar-refractivity contribution is 0.497. The van der Waals surface area contributed by atoms with E-state index in [4.69, 9.17) is 16.0 Å². The molecule has 0 saturated heterocycles. The Morgan fingerprint density at radius 3 is 3.12 bits per heavy atom. The molecule has 0 amide bonds. The van der Waals surface area contributed by atoms with E-state index in [9.17, 15) is 0 Å². The zero-order valence-electron chi connectivity index (χ0n) is 8.72. The number of anilines is 1. The van der Waals surface area contributed by atoms with Crippen molar-refractivity contribution in [3.63, 3.8) is 0 Å². The summed E-state index contributed by atoms with van der Waals surface area (Å²) in [5.74, 6) is 1.53. The number of nitrogens with zero attached hydrogens (tertiary/aromatic N) is 3. The van der Waals surface area contributed by atoms with Gasteiger partial charge in [-0.2, -0.15) is 10.1 Å². The van der Waals surface area contributed by atoms with Crippen LogP contribution in [-0.4, -0.2) is 21.2 Å². The summed E-state index contributed by atoms with van der Waals surface area (Å²) in [6.45, 7) is 2.03. The van der Waals surface area contributed by atoms with E-state index in [1.54, 1.807) is 6.26 Å². The minimum absolute atomic E-state index is 0.134. The Kier molecular flexibility index (Phi) is 3.36. The molecule has 0 spiro atoms.